The van der Waals surface area contributed by atoms with Gasteiger partial charge in [0.15, 0.2) is 5.41 Å². The van der Waals surface area contributed by atoms with Crippen molar-refractivity contribution in [1.82, 2.24) is 9.78 Å². The van der Waals surface area contributed by atoms with Crippen molar-refractivity contribution < 1.29 is 19.4 Å². The summed E-state index contributed by atoms with van der Waals surface area (Å²) in [7, 11) is 0. The minimum absolute atomic E-state index is 0.0425. The molecule has 1 atom stereocenters. The van der Waals surface area contributed by atoms with Gasteiger partial charge in [0.25, 0.3) is 0 Å². The molecule has 0 radical (unpaired) electrons. The fourth-order valence-electron chi connectivity index (χ4n) is 2.73. The van der Waals surface area contributed by atoms with Gasteiger partial charge in [-0.1, -0.05) is 12.8 Å². The second kappa shape index (κ2) is 6.28. The highest BCUT2D eigenvalue weighted by Gasteiger charge is 2.43. The number of carbonyl (C=O) groups excluding carboxylic acids is 1. The molecule has 1 N–H and O–H groups in total. The van der Waals surface area contributed by atoms with Crippen LogP contribution >= 0.6 is 0 Å². The molecule has 1 aliphatic carbocycles. The van der Waals surface area contributed by atoms with Crippen LogP contribution in [0, 0.1) is 5.41 Å². The lowest BCUT2D eigenvalue weighted by atomic mass is 9.85. The van der Waals surface area contributed by atoms with Crippen molar-refractivity contribution in [1.29, 1.82) is 0 Å². The van der Waals surface area contributed by atoms with Crippen LogP contribution in [0.4, 0.5) is 0 Å². The molecule has 1 unspecified atom stereocenters. The Hall–Kier alpha value is -1.85. The molecule has 1 aromatic heterocycles. The van der Waals surface area contributed by atoms with Crippen molar-refractivity contribution in [2.24, 2.45) is 5.41 Å². The number of carboxylic acids is 1. The number of esters is 1. The van der Waals surface area contributed by atoms with Gasteiger partial charge in [-0.2, -0.15) is 5.10 Å². The van der Waals surface area contributed by atoms with Crippen LogP contribution in [0.25, 0.3) is 0 Å². The molecule has 0 aromatic carbocycles. The average Bonchev–Trinajstić information content (AvgIpc) is 3.08. The van der Waals surface area contributed by atoms with Gasteiger partial charge in [0, 0.05) is 12.6 Å². The molecule has 1 aromatic rings. The minimum Gasteiger partial charge on any atom is -0.480 e. The van der Waals surface area contributed by atoms with E-state index in [9.17, 15) is 14.7 Å². The Kier molecular flexibility index (Phi) is 4.65. The van der Waals surface area contributed by atoms with Crippen LogP contribution in [-0.2, 0) is 20.7 Å². The molecule has 0 saturated heterocycles. The van der Waals surface area contributed by atoms with E-state index in [1.165, 1.54) is 19.8 Å². The van der Waals surface area contributed by atoms with Crippen molar-refractivity contribution in [2.75, 3.05) is 6.61 Å². The highest BCUT2D eigenvalue weighted by Crippen LogP contribution is 2.30. The Bertz CT molecular complexity index is 519. The topological polar surface area (TPSA) is 81.4 Å². The first kappa shape index (κ1) is 15.5. The fourth-order valence-corrected chi connectivity index (χ4v) is 2.73. The summed E-state index contributed by atoms with van der Waals surface area (Å²) in [6, 6.07) is 2.19. The predicted molar refractivity (Wildman–Crippen MR) is 75.8 cm³/mol. The van der Waals surface area contributed by atoms with Gasteiger partial charge in [-0.3, -0.25) is 14.3 Å². The molecule has 21 heavy (non-hydrogen) atoms. The molecule has 1 fully saturated rings. The van der Waals surface area contributed by atoms with Gasteiger partial charge >= 0.3 is 11.9 Å². The summed E-state index contributed by atoms with van der Waals surface area (Å²) >= 11 is 0. The second-order valence-corrected chi connectivity index (χ2v) is 5.76. The van der Waals surface area contributed by atoms with Crippen molar-refractivity contribution in [3.63, 3.8) is 0 Å². The van der Waals surface area contributed by atoms with E-state index in [1.807, 2.05) is 10.9 Å². The molecule has 1 aliphatic rings. The maximum Gasteiger partial charge on any atom is 0.323 e. The van der Waals surface area contributed by atoms with Crippen molar-refractivity contribution in [2.45, 2.75) is 52.0 Å². The monoisotopic (exact) mass is 294 g/mol. The van der Waals surface area contributed by atoms with Gasteiger partial charge in [0.2, 0.25) is 0 Å². The number of ether oxygens (including phenoxy) is 1. The van der Waals surface area contributed by atoms with Crippen LogP contribution < -0.4 is 0 Å². The third-order valence-corrected chi connectivity index (χ3v) is 4.10. The number of aliphatic carboxylic acids is 1. The number of hydrogen-bond acceptors (Lipinski definition) is 4. The maximum atomic E-state index is 11.9. The summed E-state index contributed by atoms with van der Waals surface area (Å²) in [4.78, 5) is 23.4. The molecule has 0 bridgehead atoms. The summed E-state index contributed by atoms with van der Waals surface area (Å²) in [5.74, 6) is -1.90. The molecule has 0 spiro atoms. The van der Waals surface area contributed by atoms with E-state index in [-0.39, 0.29) is 13.0 Å². The molecule has 1 heterocycles. The molecular formula is C15H22N2O4. The molecule has 6 nitrogen and oxygen atoms in total. The molecule has 6 heteroatoms. The number of carboxylic acid groups (broad SMARTS) is 1. The van der Waals surface area contributed by atoms with E-state index >= 15 is 0 Å². The SMILES string of the molecule is CCOC(=O)C(C)(Cc1ccn(C2CCCC2)n1)C(=O)O. The molecule has 0 amide bonds. The van der Waals surface area contributed by atoms with Crippen molar-refractivity contribution in [3.05, 3.63) is 18.0 Å². The molecule has 0 aliphatic heterocycles. The number of nitrogens with zero attached hydrogens (tertiary/aromatic N) is 2. The van der Waals surface area contributed by atoms with Gasteiger partial charge in [0.05, 0.1) is 18.3 Å². The second-order valence-electron chi connectivity index (χ2n) is 5.76. The van der Waals surface area contributed by atoms with E-state index in [0.717, 1.165) is 12.8 Å². The molecule has 2 rings (SSSR count). The number of carbonyl (C=O) groups is 2. The van der Waals surface area contributed by atoms with Gasteiger partial charge in [0.1, 0.15) is 0 Å². The lowest BCUT2D eigenvalue weighted by Gasteiger charge is -2.21. The van der Waals surface area contributed by atoms with E-state index in [0.29, 0.717) is 11.7 Å². The van der Waals surface area contributed by atoms with E-state index in [2.05, 4.69) is 5.10 Å². The molecular weight excluding hydrogens is 272 g/mol. The van der Waals surface area contributed by atoms with Crippen LogP contribution in [0.5, 0.6) is 0 Å². The first-order valence-corrected chi connectivity index (χ1v) is 7.42. The Balaban J connectivity index is 2.13. The van der Waals surface area contributed by atoms with Crippen LogP contribution in [0.3, 0.4) is 0 Å². The standard InChI is InChI=1S/C15H22N2O4/c1-3-21-14(20)15(2,13(18)19)10-11-8-9-17(16-11)12-6-4-5-7-12/h8-9,12H,3-7,10H2,1-2H3,(H,18,19). The normalized spacial score (nSPS) is 18.4. The first-order valence-electron chi connectivity index (χ1n) is 7.42. The number of aromatic nitrogens is 2. The average molecular weight is 294 g/mol. The first-order chi connectivity index (χ1) is 9.97. The largest absolute Gasteiger partial charge is 0.480 e. The minimum atomic E-state index is -1.59. The zero-order valence-corrected chi connectivity index (χ0v) is 12.5. The Labute approximate surface area is 124 Å². The van der Waals surface area contributed by atoms with Crippen LogP contribution in [-0.4, -0.2) is 33.4 Å². The van der Waals surface area contributed by atoms with Crippen molar-refractivity contribution >= 4 is 11.9 Å². The van der Waals surface area contributed by atoms with Crippen molar-refractivity contribution in [3.8, 4) is 0 Å². The lowest BCUT2D eigenvalue weighted by molar-refractivity contribution is -0.167. The highest BCUT2D eigenvalue weighted by atomic mass is 16.5. The van der Waals surface area contributed by atoms with E-state index in [4.69, 9.17) is 4.74 Å². The Morgan fingerprint density at radius 3 is 2.71 bits per heavy atom. The van der Waals surface area contributed by atoms with Crippen LogP contribution in [0.1, 0.15) is 51.3 Å². The van der Waals surface area contributed by atoms with Crippen LogP contribution in [0.2, 0.25) is 0 Å². The zero-order chi connectivity index (χ0) is 15.5. The summed E-state index contributed by atoms with van der Waals surface area (Å²) in [5.41, 5.74) is -0.981. The predicted octanol–water partition coefficient (Wildman–Crippen LogP) is 2.19. The summed E-state index contributed by atoms with van der Waals surface area (Å²) in [6.45, 7) is 3.22. The summed E-state index contributed by atoms with van der Waals surface area (Å²) in [6.07, 6.45) is 6.54. The summed E-state index contributed by atoms with van der Waals surface area (Å²) < 4.78 is 6.79. The van der Waals surface area contributed by atoms with Gasteiger partial charge in [-0.25, -0.2) is 0 Å². The Morgan fingerprint density at radius 2 is 2.14 bits per heavy atom. The highest BCUT2D eigenvalue weighted by molar-refractivity contribution is 5.98. The third-order valence-electron chi connectivity index (χ3n) is 4.10. The number of rotatable bonds is 6. The Morgan fingerprint density at radius 1 is 1.48 bits per heavy atom. The van der Waals surface area contributed by atoms with E-state index < -0.39 is 17.4 Å². The molecule has 1 saturated carbocycles. The quantitative estimate of drug-likeness (QED) is 0.642. The number of hydrogen-bond donors (Lipinski definition) is 1. The lowest BCUT2D eigenvalue weighted by Crippen LogP contribution is -2.40. The smallest absolute Gasteiger partial charge is 0.323 e. The van der Waals surface area contributed by atoms with Crippen LogP contribution in [0.15, 0.2) is 12.3 Å². The third kappa shape index (κ3) is 3.25. The van der Waals surface area contributed by atoms with Gasteiger partial charge in [-0.15, -0.1) is 0 Å². The van der Waals surface area contributed by atoms with Gasteiger partial charge in [-0.05, 0) is 32.8 Å². The fraction of sp³-hybridized carbons (Fsp3) is 0.667. The maximum absolute atomic E-state index is 11.9. The molecule has 116 valence electrons. The zero-order valence-electron chi connectivity index (χ0n) is 12.5. The van der Waals surface area contributed by atoms with E-state index in [1.54, 1.807) is 13.0 Å². The van der Waals surface area contributed by atoms with Gasteiger partial charge < -0.3 is 9.84 Å². The summed E-state index contributed by atoms with van der Waals surface area (Å²) in [5, 5.41) is 13.8.